The average Bonchev–Trinajstić information content (AvgIpc) is 3.16. The van der Waals surface area contributed by atoms with E-state index in [2.05, 4.69) is 36.8 Å². The van der Waals surface area contributed by atoms with E-state index in [1.165, 1.54) is 12.8 Å². The van der Waals surface area contributed by atoms with Gasteiger partial charge in [-0.1, -0.05) is 12.8 Å². The summed E-state index contributed by atoms with van der Waals surface area (Å²) >= 11 is 3.16. The van der Waals surface area contributed by atoms with Crippen molar-refractivity contribution in [2.75, 3.05) is 0 Å². The van der Waals surface area contributed by atoms with Crippen LogP contribution in [0, 0.1) is 0 Å². The van der Waals surface area contributed by atoms with Crippen LogP contribution in [0.15, 0.2) is 21.2 Å². The molecule has 2 heterocycles. The van der Waals surface area contributed by atoms with Crippen LogP contribution in [0.2, 0.25) is 0 Å². The fraction of sp³-hybridized carbons (Fsp3) is 0.500. The molecule has 1 aliphatic rings. The summed E-state index contributed by atoms with van der Waals surface area (Å²) in [5.74, 6) is 0.657. The van der Waals surface area contributed by atoms with Crippen LogP contribution in [0.5, 0.6) is 0 Å². The Labute approximate surface area is 123 Å². The van der Waals surface area contributed by atoms with Crippen LogP contribution in [-0.4, -0.2) is 26.1 Å². The van der Waals surface area contributed by atoms with E-state index < -0.39 is 0 Å². The largest absolute Gasteiger partial charge is 0.444 e. The standard InChI is InChI=1S/C12H14BrN5O2/c13-10-6-5-9(20-10)12(19)14-7-11-15-16-17-18(11)8-3-1-2-4-8/h5-6,8H,1-4,7H2,(H,14,19). The Morgan fingerprint density at radius 1 is 1.45 bits per heavy atom. The molecule has 0 radical (unpaired) electrons. The van der Waals surface area contributed by atoms with Crippen molar-refractivity contribution in [2.24, 2.45) is 0 Å². The highest BCUT2D eigenvalue weighted by molar-refractivity contribution is 9.10. The lowest BCUT2D eigenvalue weighted by molar-refractivity contribution is 0.0920. The Morgan fingerprint density at radius 3 is 2.95 bits per heavy atom. The summed E-state index contributed by atoms with van der Waals surface area (Å²) in [6, 6.07) is 3.64. The molecule has 0 spiro atoms. The summed E-state index contributed by atoms with van der Waals surface area (Å²) in [5.41, 5.74) is 0. The summed E-state index contributed by atoms with van der Waals surface area (Å²) in [6.07, 6.45) is 4.60. The molecule has 20 heavy (non-hydrogen) atoms. The van der Waals surface area contributed by atoms with Gasteiger partial charge in [-0.3, -0.25) is 4.79 Å². The number of aromatic nitrogens is 4. The van der Waals surface area contributed by atoms with Gasteiger partial charge >= 0.3 is 0 Å². The second-order valence-electron chi connectivity index (χ2n) is 4.76. The van der Waals surface area contributed by atoms with Crippen molar-refractivity contribution in [3.8, 4) is 0 Å². The van der Waals surface area contributed by atoms with Crippen LogP contribution in [0.3, 0.4) is 0 Å². The summed E-state index contributed by atoms with van der Waals surface area (Å²) in [4.78, 5) is 11.9. The zero-order chi connectivity index (χ0) is 13.9. The Hall–Kier alpha value is -1.70. The molecule has 0 aliphatic heterocycles. The van der Waals surface area contributed by atoms with Crippen LogP contribution in [0.25, 0.3) is 0 Å². The maximum Gasteiger partial charge on any atom is 0.287 e. The smallest absolute Gasteiger partial charge is 0.287 e. The van der Waals surface area contributed by atoms with Gasteiger partial charge in [0.1, 0.15) is 0 Å². The van der Waals surface area contributed by atoms with Crippen LogP contribution in [0.1, 0.15) is 48.1 Å². The molecule has 106 valence electrons. The molecular weight excluding hydrogens is 326 g/mol. The maximum atomic E-state index is 11.9. The number of nitrogens with one attached hydrogen (secondary N) is 1. The van der Waals surface area contributed by atoms with Crippen molar-refractivity contribution in [3.63, 3.8) is 0 Å². The van der Waals surface area contributed by atoms with E-state index in [9.17, 15) is 4.79 Å². The molecule has 2 aromatic rings. The highest BCUT2D eigenvalue weighted by Crippen LogP contribution is 2.29. The summed E-state index contributed by atoms with van der Waals surface area (Å²) in [6.45, 7) is 0.292. The normalized spacial score (nSPS) is 15.7. The predicted octanol–water partition coefficient (Wildman–Crippen LogP) is 2.07. The summed E-state index contributed by atoms with van der Waals surface area (Å²) in [7, 11) is 0. The molecule has 1 saturated carbocycles. The third kappa shape index (κ3) is 2.74. The number of halogens is 1. The molecule has 0 saturated heterocycles. The van der Waals surface area contributed by atoms with Crippen molar-refractivity contribution in [3.05, 3.63) is 28.4 Å². The average molecular weight is 340 g/mol. The monoisotopic (exact) mass is 339 g/mol. The van der Waals surface area contributed by atoms with E-state index in [4.69, 9.17) is 4.42 Å². The topological polar surface area (TPSA) is 85.8 Å². The number of furan rings is 1. The minimum absolute atomic E-state index is 0.261. The Kier molecular flexibility index (Phi) is 3.81. The lowest BCUT2D eigenvalue weighted by atomic mass is 10.2. The van der Waals surface area contributed by atoms with E-state index >= 15 is 0 Å². The molecule has 2 aromatic heterocycles. The SMILES string of the molecule is O=C(NCc1nnnn1C1CCCC1)c1ccc(Br)o1. The molecule has 1 N–H and O–H groups in total. The number of tetrazole rings is 1. The van der Waals surface area contributed by atoms with Crippen molar-refractivity contribution in [1.82, 2.24) is 25.5 Å². The molecule has 7 nitrogen and oxygen atoms in total. The molecule has 0 bridgehead atoms. The van der Waals surface area contributed by atoms with Crippen molar-refractivity contribution < 1.29 is 9.21 Å². The van der Waals surface area contributed by atoms with Crippen LogP contribution in [-0.2, 0) is 6.54 Å². The van der Waals surface area contributed by atoms with E-state index in [0.29, 0.717) is 23.1 Å². The lowest BCUT2D eigenvalue weighted by Gasteiger charge is -2.11. The first-order valence-corrected chi connectivity index (χ1v) is 7.33. The zero-order valence-electron chi connectivity index (χ0n) is 10.8. The third-order valence-corrected chi connectivity index (χ3v) is 3.86. The number of carbonyl (C=O) groups excluding carboxylic acids is 1. The minimum Gasteiger partial charge on any atom is -0.444 e. The van der Waals surface area contributed by atoms with E-state index in [0.717, 1.165) is 12.8 Å². The van der Waals surface area contributed by atoms with Gasteiger partial charge in [0.25, 0.3) is 5.91 Å². The lowest BCUT2D eigenvalue weighted by Crippen LogP contribution is -2.25. The highest BCUT2D eigenvalue weighted by Gasteiger charge is 2.21. The molecule has 0 unspecified atom stereocenters. The van der Waals surface area contributed by atoms with Crippen molar-refractivity contribution in [1.29, 1.82) is 0 Å². The van der Waals surface area contributed by atoms with E-state index in [-0.39, 0.29) is 11.7 Å². The van der Waals surface area contributed by atoms with Crippen LogP contribution >= 0.6 is 15.9 Å². The second-order valence-corrected chi connectivity index (χ2v) is 5.55. The van der Waals surface area contributed by atoms with E-state index in [1.807, 2.05) is 4.68 Å². The van der Waals surface area contributed by atoms with Gasteiger partial charge in [-0.15, -0.1) is 5.10 Å². The molecule has 8 heteroatoms. The summed E-state index contributed by atoms with van der Waals surface area (Å²) in [5, 5.41) is 14.5. The van der Waals surface area contributed by atoms with Gasteiger partial charge < -0.3 is 9.73 Å². The van der Waals surface area contributed by atoms with Crippen LogP contribution in [0.4, 0.5) is 0 Å². The van der Waals surface area contributed by atoms with Gasteiger partial charge in [0.2, 0.25) is 0 Å². The van der Waals surface area contributed by atoms with Crippen molar-refractivity contribution in [2.45, 2.75) is 38.3 Å². The minimum atomic E-state index is -0.281. The molecule has 1 fully saturated rings. The Balaban J connectivity index is 1.64. The molecule has 0 atom stereocenters. The number of amides is 1. The molecule has 3 rings (SSSR count). The molecule has 1 amide bonds. The van der Waals surface area contributed by atoms with Gasteiger partial charge in [-0.05, 0) is 51.3 Å². The number of hydrogen-bond acceptors (Lipinski definition) is 5. The molecular formula is C12H14BrN5O2. The Bertz CT molecular complexity index is 603. The van der Waals surface area contributed by atoms with Gasteiger partial charge in [0.15, 0.2) is 16.3 Å². The summed E-state index contributed by atoms with van der Waals surface area (Å²) < 4.78 is 7.54. The molecule has 1 aliphatic carbocycles. The predicted molar refractivity (Wildman–Crippen MR) is 72.9 cm³/mol. The third-order valence-electron chi connectivity index (χ3n) is 3.44. The highest BCUT2D eigenvalue weighted by atomic mass is 79.9. The first-order valence-electron chi connectivity index (χ1n) is 6.54. The van der Waals surface area contributed by atoms with Gasteiger partial charge in [-0.25, -0.2) is 4.68 Å². The Morgan fingerprint density at radius 2 is 2.25 bits per heavy atom. The number of rotatable bonds is 4. The zero-order valence-corrected chi connectivity index (χ0v) is 12.3. The number of hydrogen-bond donors (Lipinski definition) is 1. The quantitative estimate of drug-likeness (QED) is 0.921. The van der Waals surface area contributed by atoms with Crippen molar-refractivity contribution >= 4 is 21.8 Å². The second kappa shape index (κ2) is 5.74. The first-order chi connectivity index (χ1) is 9.74. The van der Waals surface area contributed by atoms with Gasteiger partial charge in [0, 0.05) is 0 Å². The maximum absolute atomic E-state index is 11.9. The fourth-order valence-electron chi connectivity index (χ4n) is 2.44. The molecule has 0 aromatic carbocycles. The first kappa shape index (κ1) is 13.3. The number of carbonyl (C=O) groups is 1. The van der Waals surface area contributed by atoms with Gasteiger partial charge in [-0.2, -0.15) is 0 Å². The van der Waals surface area contributed by atoms with Crippen LogP contribution < -0.4 is 5.32 Å². The fourth-order valence-corrected chi connectivity index (χ4v) is 2.75. The number of nitrogens with zero attached hydrogens (tertiary/aromatic N) is 4. The van der Waals surface area contributed by atoms with Gasteiger partial charge in [0.05, 0.1) is 12.6 Å². The van der Waals surface area contributed by atoms with E-state index in [1.54, 1.807) is 12.1 Å².